The van der Waals surface area contributed by atoms with Crippen molar-refractivity contribution >= 4 is 22.7 Å². The Labute approximate surface area is 105 Å². The Kier molecular flexibility index (Phi) is 2.49. The molecule has 1 aromatic carbocycles. The maximum Gasteiger partial charge on any atom is 0.417 e. The zero-order valence-corrected chi connectivity index (χ0v) is 9.64. The van der Waals surface area contributed by atoms with Crippen molar-refractivity contribution in [1.82, 2.24) is 15.0 Å². The van der Waals surface area contributed by atoms with Crippen LogP contribution in [0.3, 0.4) is 0 Å². The molecule has 0 saturated heterocycles. The molecule has 0 aliphatic carbocycles. The van der Waals surface area contributed by atoms with E-state index in [-0.39, 0.29) is 6.01 Å². The van der Waals surface area contributed by atoms with Gasteiger partial charge in [0.25, 0.3) is 0 Å². The van der Waals surface area contributed by atoms with E-state index in [2.05, 4.69) is 15.0 Å². The Bertz CT molecular complexity index is 748. The number of ether oxygens (including phenoxy) is 1. The topological polar surface area (TPSA) is 81.0 Å². The van der Waals surface area contributed by atoms with Crippen LogP contribution >= 0.6 is 11.6 Å². The Morgan fingerprint density at radius 1 is 1.28 bits per heavy atom. The summed E-state index contributed by atoms with van der Waals surface area (Å²) >= 11 is 5.67. The van der Waals surface area contributed by atoms with Crippen LogP contribution in [0, 0.1) is 0 Å². The summed E-state index contributed by atoms with van der Waals surface area (Å²) < 4.78 is 10.4. The molecule has 0 aliphatic rings. The van der Waals surface area contributed by atoms with Crippen LogP contribution in [-0.4, -0.2) is 15.0 Å². The van der Waals surface area contributed by atoms with E-state index >= 15 is 0 Å². The zero-order chi connectivity index (χ0) is 12.5. The molecule has 0 atom stereocenters. The lowest BCUT2D eigenvalue weighted by Crippen LogP contribution is -1.95. The van der Waals surface area contributed by atoms with Crippen molar-refractivity contribution in [2.45, 2.75) is 0 Å². The molecule has 18 heavy (non-hydrogen) atoms. The average Bonchev–Trinajstić information content (AvgIpc) is 2.73. The number of rotatable bonds is 2. The molecule has 0 unspecified atom stereocenters. The van der Waals surface area contributed by atoms with Gasteiger partial charge in [0.2, 0.25) is 0 Å². The van der Waals surface area contributed by atoms with Crippen LogP contribution < -0.4 is 10.5 Å². The number of nitrogens with one attached hydrogen (secondary N) is 1. The van der Waals surface area contributed by atoms with Crippen molar-refractivity contribution < 1.29 is 9.15 Å². The normalized spacial score (nSPS) is 10.7. The van der Waals surface area contributed by atoms with E-state index in [1.807, 2.05) is 0 Å². The first kappa shape index (κ1) is 10.8. The Morgan fingerprint density at radius 3 is 2.83 bits per heavy atom. The van der Waals surface area contributed by atoms with Gasteiger partial charge in [0.05, 0.1) is 17.4 Å². The zero-order valence-electron chi connectivity index (χ0n) is 8.88. The maximum atomic E-state index is 11.1. The molecule has 0 spiro atoms. The van der Waals surface area contributed by atoms with Crippen molar-refractivity contribution in [3.05, 3.63) is 46.2 Å². The lowest BCUT2D eigenvalue weighted by atomic mass is 10.3. The number of hydrogen-bond donors (Lipinski definition) is 1. The molecule has 2 heterocycles. The lowest BCUT2D eigenvalue weighted by Gasteiger charge is -2.03. The van der Waals surface area contributed by atoms with Gasteiger partial charge in [0, 0.05) is 0 Å². The molecule has 0 aliphatic heterocycles. The monoisotopic (exact) mass is 263 g/mol. The van der Waals surface area contributed by atoms with E-state index in [0.717, 1.165) is 0 Å². The molecule has 90 valence electrons. The summed E-state index contributed by atoms with van der Waals surface area (Å²) in [7, 11) is 0. The number of nitrogens with zero attached hydrogens (tertiary/aromatic N) is 2. The van der Waals surface area contributed by atoms with Gasteiger partial charge in [-0.1, -0.05) is 17.7 Å². The SMILES string of the molecule is O=c1[nH]c2c(Oc3ncc(Cl)cn3)cccc2o1. The fourth-order valence-corrected chi connectivity index (χ4v) is 1.58. The van der Waals surface area contributed by atoms with E-state index in [1.165, 1.54) is 12.4 Å². The second-order valence-corrected chi connectivity index (χ2v) is 3.87. The van der Waals surface area contributed by atoms with Crippen LogP contribution in [0.1, 0.15) is 0 Å². The van der Waals surface area contributed by atoms with Crippen LogP contribution in [-0.2, 0) is 0 Å². The Morgan fingerprint density at radius 2 is 2.06 bits per heavy atom. The first-order valence-electron chi connectivity index (χ1n) is 4.99. The Balaban J connectivity index is 2.04. The molecular weight excluding hydrogens is 258 g/mol. The van der Waals surface area contributed by atoms with Gasteiger partial charge in [-0.2, -0.15) is 0 Å². The molecule has 0 radical (unpaired) electrons. The minimum atomic E-state index is -0.543. The summed E-state index contributed by atoms with van der Waals surface area (Å²) in [6.07, 6.45) is 2.84. The number of H-pyrrole nitrogens is 1. The van der Waals surface area contributed by atoms with E-state index < -0.39 is 5.76 Å². The summed E-state index contributed by atoms with van der Waals surface area (Å²) in [4.78, 5) is 21.4. The third-order valence-corrected chi connectivity index (χ3v) is 2.41. The molecule has 0 fully saturated rings. The number of oxazole rings is 1. The smallest absolute Gasteiger partial charge is 0.417 e. The van der Waals surface area contributed by atoms with Crippen LogP contribution in [0.15, 0.2) is 39.8 Å². The van der Waals surface area contributed by atoms with Gasteiger partial charge in [-0.15, -0.1) is 0 Å². The molecule has 3 rings (SSSR count). The molecule has 7 heteroatoms. The van der Waals surface area contributed by atoms with Crippen molar-refractivity contribution in [1.29, 1.82) is 0 Å². The number of aromatic amines is 1. The van der Waals surface area contributed by atoms with Crippen molar-refractivity contribution in [2.75, 3.05) is 0 Å². The highest BCUT2D eigenvalue weighted by molar-refractivity contribution is 6.30. The minimum Gasteiger partial charge on any atom is -0.422 e. The highest BCUT2D eigenvalue weighted by Crippen LogP contribution is 2.25. The summed E-state index contributed by atoms with van der Waals surface area (Å²) in [5.74, 6) is -0.140. The van der Waals surface area contributed by atoms with Crippen molar-refractivity contribution in [2.24, 2.45) is 0 Å². The van der Waals surface area contributed by atoms with Crippen LogP contribution in [0.25, 0.3) is 11.1 Å². The van der Waals surface area contributed by atoms with E-state index in [0.29, 0.717) is 21.9 Å². The molecule has 3 aromatic rings. The first-order valence-corrected chi connectivity index (χ1v) is 5.37. The van der Waals surface area contributed by atoms with Gasteiger partial charge in [-0.05, 0) is 12.1 Å². The number of para-hydroxylation sites is 1. The second kappa shape index (κ2) is 4.15. The highest BCUT2D eigenvalue weighted by atomic mass is 35.5. The molecule has 0 amide bonds. The number of fused-ring (bicyclic) bond motifs is 1. The molecule has 0 bridgehead atoms. The van der Waals surface area contributed by atoms with Crippen LogP contribution in [0.2, 0.25) is 5.02 Å². The fourth-order valence-electron chi connectivity index (χ4n) is 1.48. The second-order valence-electron chi connectivity index (χ2n) is 3.43. The molecule has 0 saturated carbocycles. The van der Waals surface area contributed by atoms with Gasteiger partial charge in [0.15, 0.2) is 11.3 Å². The molecule has 6 nitrogen and oxygen atoms in total. The minimum absolute atomic E-state index is 0.133. The van der Waals surface area contributed by atoms with Gasteiger partial charge >= 0.3 is 11.8 Å². The number of hydrogen-bond acceptors (Lipinski definition) is 5. The number of aromatic nitrogens is 3. The average molecular weight is 264 g/mol. The maximum absolute atomic E-state index is 11.1. The summed E-state index contributed by atoms with van der Waals surface area (Å²) in [5.41, 5.74) is 0.868. The van der Waals surface area contributed by atoms with Gasteiger partial charge in [-0.3, -0.25) is 4.98 Å². The third-order valence-electron chi connectivity index (χ3n) is 2.22. The molecule has 2 aromatic heterocycles. The predicted octanol–water partition coefficient (Wildman–Crippen LogP) is 2.36. The third kappa shape index (κ3) is 1.93. The quantitative estimate of drug-likeness (QED) is 0.767. The largest absolute Gasteiger partial charge is 0.422 e. The highest BCUT2D eigenvalue weighted by Gasteiger charge is 2.09. The van der Waals surface area contributed by atoms with Crippen LogP contribution in [0.4, 0.5) is 0 Å². The van der Waals surface area contributed by atoms with Gasteiger partial charge < -0.3 is 9.15 Å². The van der Waals surface area contributed by atoms with Crippen molar-refractivity contribution in [3.63, 3.8) is 0 Å². The summed E-state index contributed by atoms with van der Waals surface area (Å²) in [5, 5.41) is 0.414. The summed E-state index contributed by atoms with van der Waals surface area (Å²) in [6.45, 7) is 0. The van der Waals surface area contributed by atoms with E-state index in [1.54, 1.807) is 18.2 Å². The first-order chi connectivity index (χ1) is 8.72. The summed E-state index contributed by atoms with van der Waals surface area (Å²) in [6, 6.07) is 5.16. The van der Waals surface area contributed by atoms with E-state index in [4.69, 9.17) is 20.8 Å². The van der Waals surface area contributed by atoms with E-state index in [9.17, 15) is 4.79 Å². The lowest BCUT2D eigenvalue weighted by molar-refractivity contribution is 0.446. The van der Waals surface area contributed by atoms with Gasteiger partial charge in [0.1, 0.15) is 5.52 Å². The van der Waals surface area contributed by atoms with Crippen molar-refractivity contribution in [3.8, 4) is 11.8 Å². The predicted molar refractivity (Wildman–Crippen MR) is 64.0 cm³/mol. The standard InChI is InChI=1S/C11H6ClN3O3/c12-6-4-13-10(14-5-6)17-7-2-1-3-8-9(7)15-11(16)18-8/h1-5H,(H,15,16). The number of benzene rings is 1. The number of halogens is 1. The van der Waals surface area contributed by atoms with Crippen LogP contribution in [0.5, 0.6) is 11.8 Å². The molecule has 1 N–H and O–H groups in total. The van der Waals surface area contributed by atoms with Gasteiger partial charge in [-0.25, -0.2) is 14.8 Å². The fraction of sp³-hybridized carbons (Fsp3) is 0. The molecular formula is C11H6ClN3O3. The Hall–Kier alpha value is -2.34.